The Hall–Kier alpha value is -1.29. The maximum Gasteiger partial charge on any atom is 0.219 e. The zero-order valence-corrected chi connectivity index (χ0v) is 12.6. The zero-order valence-electron chi connectivity index (χ0n) is 12.6. The van der Waals surface area contributed by atoms with Gasteiger partial charge in [-0.15, -0.1) is 0 Å². The number of aryl methyl sites for hydroxylation is 1. The normalized spacial score (nSPS) is 23.2. The summed E-state index contributed by atoms with van der Waals surface area (Å²) in [5, 5.41) is 0. The summed E-state index contributed by atoms with van der Waals surface area (Å²) in [5.41, 5.74) is 1.38. The first-order valence-electron chi connectivity index (χ1n) is 7.75. The molecular weight excluding hydrogens is 250 g/mol. The summed E-state index contributed by atoms with van der Waals surface area (Å²) in [5.74, 6) is 0.249. The highest BCUT2D eigenvalue weighted by Crippen LogP contribution is 2.29. The van der Waals surface area contributed by atoms with Crippen LogP contribution in [0.1, 0.15) is 38.2 Å². The SMILES string of the molecule is CC(=O)N(C[C@H]1CCCN1Cc1ccn(C)c1)C1CC1. The molecule has 3 rings (SSSR count). The molecule has 110 valence electrons. The van der Waals surface area contributed by atoms with Gasteiger partial charge in [0.2, 0.25) is 5.91 Å². The van der Waals surface area contributed by atoms with Crippen LogP contribution in [-0.4, -0.2) is 45.4 Å². The summed E-state index contributed by atoms with van der Waals surface area (Å²) < 4.78 is 2.10. The third-order valence-corrected chi connectivity index (χ3v) is 4.58. The van der Waals surface area contributed by atoms with Gasteiger partial charge >= 0.3 is 0 Å². The molecule has 1 atom stereocenters. The quantitative estimate of drug-likeness (QED) is 0.822. The molecule has 1 saturated heterocycles. The van der Waals surface area contributed by atoms with Gasteiger partial charge in [-0.2, -0.15) is 0 Å². The van der Waals surface area contributed by atoms with E-state index >= 15 is 0 Å². The van der Waals surface area contributed by atoms with Crippen molar-refractivity contribution in [3.05, 3.63) is 24.0 Å². The van der Waals surface area contributed by atoms with Gasteiger partial charge in [0.15, 0.2) is 0 Å². The van der Waals surface area contributed by atoms with Crippen molar-refractivity contribution >= 4 is 5.91 Å². The van der Waals surface area contributed by atoms with Crippen molar-refractivity contribution in [1.29, 1.82) is 0 Å². The van der Waals surface area contributed by atoms with Gasteiger partial charge in [0, 0.05) is 51.5 Å². The first kappa shape index (κ1) is 13.7. The van der Waals surface area contributed by atoms with Gasteiger partial charge in [-0.05, 0) is 43.9 Å². The maximum atomic E-state index is 11.8. The van der Waals surface area contributed by atoms with Gasteiger partial charge in [-0.3, -0.25) is 9.69 Å². The van der Waals surface area contributed by atoms with E-state index in [1.54, 1.807) is 6.92 Å². The lowest BCUT2D eigenvalue weighted by Gasteiger charge is -2.30. The highest BCUT2D eigenvalue weighted by atomic mass is 16.2. The minimum atomic E-state index is 0.249. The van der Waals surface area contributed by atoms with Gasteiger partial charge in [-0.25, -0.2) is 0 Å². The molecule has 2 fully saturated rings. The Bertz CT molecular complexity index is 478. The number of carbonyl (C=O) groups excluding carboxylic acids is 1. The zero-order chi connectivity index (χ0) is 14.1. The molecule has 1 aliphatic carbocycles. The second kappa shape index (κ2) is 5.60. The minimum absolute atomic E-state index is 0.249. The van der Waals surface area contributed by atoms with Crippen LogP contribution in [0.2, 0.25) is 0 Å². The number of aromatic nitrogens is 1. The van der Waals surface area contributed by atoms with E-state index in [0.717, 1.165) is 19.6 Å². The van der Waals surface area contributed by atoms with Crippen molar-refractivity contribution < 1.29 is 4.79 Å². The number of hydrogen-bond acceptors (Lipinski definition) is 2. The standard InChI is InChI=1S/C16H25N3O/c1-13(20)19(15-5-6-15)12-16-4-3-8-18(16)11-14-7-9-17(2)10-14/h7,9-10,15-16H,3-6,8,11-12H2,1-2H3/t16-/m1/s1. The first-order chi connectivity index (χ1) is 9.63. The van der Waals surface area contributed by atoms with Gasteiger partial charge in [0.05, 0.1) is 0 Å². The third-order valence-electron chi connectivity index (χ3n) is 4.58. The van der Waals surface area contributed by atoms with Crippen LogP contribution in [-0.2, 0) is 18.4 Å². The molecule has 1 aromatic heterocycles. The second-order valence-corrected chi connectivity index (χ2v) is 6.35. The summed E-state index contributed by atoms with van der Waals surface area (Å²) in [6.45, 7) is 4.82. The average molecular weight is 275 g/mol. The summed E-state index contributed by atoms with van der Waals surface area (Å²) in [6, 6.07) is 3.27. The van der Waals surface area contributed by atoms with E-state index in [0.29, 0.717) is 12.1 Å². The molecule has 0 spiro atoms. The van der Waals surface area contributed by atoms with Crippen LogP contribution in [0.3, 0.4) is 0 Å². The maximum absolute atomic E-state index is 11.8. The molecule has 2 aliphatic rings. The molecule has 4 heteroatoms. The predicted molar refractivity (Wildman–Crippen MR) is 79.3 cm³/mol. The van der Waals surface area contributed by atoms with Gasteiger partial charge in [0.1, 0.15) is 0 Å². The van der Waals surface area contributed by atoms with E-state index in [1.807, 2.05) is 0 Å². The molecule has 0 bridgehead atoms. The highest BCUT2D eigenvalue weighted by Gasteiger charge is 2.35. The molecule has 2 heterocycles. The van der Waals surface area contributed by atoms with Crippen molar-refractivity contribution in [3.63, 3.8) is 0 Å². The van der Waals surface area contributed by atoms with Crippen molar-refractivity contribution in [2.45, 2.75) is 51.2 Å². The van der Waals surface area contributed by atoms with E-state index in [1.165, 1.54) is 31.2 Å². The van der Waals surface area contributed by atoms with Gasteiger partial charge in [0.25, 0.3) is 0 Å². The van der Waals surface area contributed by atoms with Gasteiger partial charge < -0.3 is 9.47 Å². The third kappa shape index (κ3) is 3.06. The van der Waals surface area contributed by atoms with Crippen LogP contribution in [0.4, 0.5) is 0 Å². The van der Waals surface area contributed by atoms with Crippen molar-refractivity contribution in [2.24, 2.45) is 7.05 Å². The molecule has 20 heavy (non-hydrogen) atoms. The van der Waals surface area contributed by atoms with E-state index in [-0.39, 0.29) is 5.91 Å². The number of rotatable bonds is 5. The smallest absolute Gasteiger partial charge is 0.219 e. The molecule has 0 radical (unpaired) electrons. The Balaban J connectivity index is 1.61. The molecular formula is C16H25N3O. The predicted octanol–water partition coefficient (Wildman–Crippen LogP) is 2.00. The van der Waals surface area contributed by atoms with Gasteiger partial charge in [-0.1, -0.05) is 0 Å². The second-order valence-electron chi connectivity index (χ2n) is 6.35. The van der Waals surface area contributed by atoms with Crippen LogP contribution < -0.4 is 0 Å². The van der Waals surface area contributed by atoms with Crippen LogP contribution >= 0.6 is 0 Å². The number of likely N-dealkylation sites (tertiary alicyclic amines) is 1. The fourth-order valence-corrected chi connectivity index (χ4v) is 3.35. The number of hydrogen-bond donors (Lipinski definition) is 0. The summed E-state index contributed by atoms with van der Waals surface area (Å²) in [4.78, 5) is 16.4. The lowest BCUT2D eigenvalue weighted by Crippen LogP contribution is -2.43. The fraction of sp³-hybridized carbons (Fsp3) is 0.688. The Kier molecular flexibility index (Phi) is 3.83. The van der Waals surface area contributed by atoms with Crippen LogP contribution in [0, 0.1) is 0 Å². The Labute approximate surface area is 121 Å². The molecule has 0 unspecified atom stereocenters. The first-order valence-corrected chi connectivity index (χ1v) is 7.75. The largest absolute Gasteiger partial charge is 0.357 e. The van der Waals surface area contributed by atoms with Crippen molar-refractivity contribution in [3.8, 4) is 0 Å². The number of carbonyl (C=O) groups is 1. The topological polar surface area (TPSA) is 28.5 Å². The summed E-state index contributed by atoms with van der Waals surface area (Å²) in [6.07, 6.45) is 9.18. The van der Waals surface area contributed by atoms with Crippen LogP contribution in [0.15, 0.2) is 18.5 Å². The van der Waals surface area contributed by atoms with Crippen molar-refractivity contribution in [2.75, 3.05) is 13.1 Å². The Morgan fingerprint density at radius 1 is 1.40 bits per heavy atom. The van der Waals surface area contributed by atoms with E-state index in [2.05, 4.69) is 39.9 Å². The molecule has 1 amide bonds. The lowest BCUT2D eigenvalue weighted by atomic mass is 10.2. The Morgan fingerprint density at radius 3 is 2.80 bits per heavy atom. The summed E-state index contributed by atoms with van der Waals surface area (Å²) >= 11 is 0. The molecule has 1 aromatic rings. The lowest BCUT2D eigenvalue weighted by molar-refractivity contribution is -0.130. The van der Waals surface area contributed by atoms with Crippen LogP contribution in [0.25, 0.3) is 0 Å². The molecule has 1 aliphatic heterocycles. The average Bonchev–Trinajstić information content (AvgIpc) is 3.02. The van der Waals surface area contributed by atoms with E-state index in [9.17, 15) is 4.79 Å². The summed E-state index contributed by atoms with van der Waals surface area (Å²) in [7, 11) is 2.07. The fourth-order valence-electron chi connectivity index (χ4n) is 3.35. The number of amides is 1. The molecule has 4 nitrogen and oxygen atoms in total. The van der Waals surface area contributed by atoms with E-state index in [4.69, 9.17) is 0 Å². The number of nitrogens with zero attached hydrogens (tertiary/aromatic N) is 3. The Morgan fingerprint density at radius 2 is 2.20 bits per heavy atom. The van der Waals surface area contributed by atoms with Crippen LogP contribution in [0.5, 0.6) is 0 Å². The molecule has 1 saturated carbocycles. The minimum Gasteiger partial charge on any atom is -0.357 e. The van der Waals surface area contributed by atoms with E-state index < -0.39 is 0 Å². The monoisotopic (exact) mass is 275 g/mol. The highest BCUT2D eigenvalue weighted by molar-refractivity contribution is 5.74. The molecule has 0 aromatic carbocycles. The van der Waals surface area contributed by atoms with Crippen molar-refractivity contribution in [1.82, 2.24) is 14.4 Å². The molecule has 0 N–H and O–H groups in total.